The van der Waals surface area contributed by atoms with Crippen molar-refractivity contribution in [1.82, 2.24) is 24.6 Å². The third kappa shape index (κ3) is 4.33. The number of hydrogen-bond acceptors (Lipinski definition) is 6. The maximum Gasteiger partial charge on any atom is 0.239 e. The van der Waals surface area contributed by atoms with Gasteiger partial charge in [-0.05, 0) is 49.0 Å². The Morgan fingerprint density at radius 1 is 1.31 bits per heavy atom. The van der Waals surface area contributed by atoms with Crippen LogP contribution in [0.15, 0.2) is 52.6 Å². The van der Waals surface area contributed by atoms with E-state index in [4.69, 9.17) is 11.6 Å². The second-order valence-electron chi connectivity index (χ2n) is 6.05. The molecule has 8 nitrogen and oxygen atoms in total. The van der Waals surface area contributed by atoms with Gasteiger partial charge in [0.15, 0.2) is 11.0 Å². The molecule has 0 aliphatic carbocycles. The molecule has 0 spiro atoms. The van der Waals surface area contributed by atoms with Gasteiger partial charge in [-0.25, -0.2) is 9.37 Å². The number of rotatable bonds is 6. The molecular formula is C18H15ClFN7OS. The van der Waals surface area contributed by atoms with Crippen molar-refractivity contribution in [1.29, 1.82) is 0 Å². The topological polar surface area (TPSA) is 100 Å². The van der Waals surface area contributed by atoms with Crippen LogP contribution in [0.2, 0.25) is 0 Å². The average Bonchev–Trinajstić information content (AvgIpc) is 3.32. The van der Waals surface area contributed by atoms with Crippen LogP contribution in [0.25, 0.3) is 5.65 Å². The van der Waals surface area contributed by atoms with E-state index in [1.54, 1.807) is 10.5 Å². The second kappa shape index (κ2) is 8.10. The summed E-state index contributed by atoms with van der Waals surface area (Å²) in [7, 11) is 0. The molecular weight excluding hydrogens is 417 g/mol. The van der Waals surface area contributed by atoms with Gasteiger partial charge in [-0.2, -0.15) is 10.1 Å². The lowest BCUT2D eigenvalue weighted by Crippen LogP contribution is -2.13. The summed E-state index contributed by atoms with van der Waals surface area (Å²) in [5, 5.41) is 13.0. The number of aromatic nitrogens is 5. The van der Waals surface area contributed by atoms with E-state index in [0.29, 0.717) is 27.5 Å². The summed E-state index contributed by atoms with van der Waals surface area (Å²) in [5.41, 5.74) is 1.67. The predicted octanol–water partition coefficient (Wildman–Crippen LogP) is 3.97. The molecule has 4 rings (SSSR count). The number of aromatic amines is 1. The molecule has 29 heavy (non-hydrogen) atoms. The number of nitrogens with zero attached hydrogens (tertiary/aromatic N) is 4. The van der Waals surface area contributed by atoms with E-state index in [9.17, 15) is 9.18 Å². The summed E-state index contributed by atoms with van der Waals surface area (Å²) in [6.45, 7) is 1.90. The summed E-state index contributed by atoms with van der Waals surface area (Å²) in [6.07, 6.45) is 1.83. The number of nitrogens with one attached hydrogen (secondary N) is 3. The van der Waals surface area contributed by atoms with Crippen molar-refractivity contribution < 1.29 is 9.18 Å². The molecule has 0 unspecified atom stereocenters. The van der Waals surface area contributed by atoms with Crippen LogP contribution in [0.3, 0.4) is 0 Å². The monoisotopic (exact) mass is 431 g/mol. The second-order valence-corrected chi connectivity index (χ2v) is 7.36. The number of benzene rings is 1. The molecule has 4 aromatic rings. The third-order valence-electron chi connectivity index (χ3n) is 3.86. The molecule has 1 amide bonds. The highest BCUT2D eigenvalue weighted by Crippen LogP contribution is 2.29. The highest BCUT2D eigenvalue weighted by Gasteiger charge is 2.12. The van der Waals surface area contributed by atoms with E-state index < -0.39 is 11.7 Å². The number of anilines is 3. The molecule has 0 radical (unpaired) electrons. The maximum atomic E-state index is 14.3. The van der Waals surface area contributed by atoms with Gasteiger partial charge in [0.1, 0.15) is 17.3 Å². The molecule has 0 bridgehead atoms. The quantitative estimate of drug-likeness (QED) is 0.399. The number of carbonyl (C=O) groups is 1. The number of halogens is 2. The minimum atomic E-state index is -0.567. The number of hydrogen-bond donors (Lipinski definition) is 3. The van der Waals surface area contributed by atoms with Crippen molar-refractivity contribution in [3.8, 4) is 0 Å². The zero-order valence-electron chi connectivity index (χ0n) is 15.1. The molecule has 0 aliphatic rings. The number of H-pyrrole nitrogens is 1. The van der Waals surface area contributed by atoms with Crippen molar-refractivity contribution >= 4 is 52.4 Å². The van der Waals surface area contributed by atoms with Crippen molar-refractivity contribution in [2.24, 2.45) is 0 Å². The van der Waals surface area contributed by atoms with Crippen LogP contribution < -0.4 is 10.6 Å². The molecule has 0 saturated heterocycles. The third-order valence-corrected chi connectivity index (χ3v) is 4.96. The SMILES string of the molecule is Cc1cc(Nc2nc(Sc3ccc(NC(=O)CCl)c(F)c3)nc3cccn23)n[nH]1. The van der Waals surface area contributed by atoms with Gasteiger partial charge >= 0.3 is 0 Å². The predicted molar refractivity (Wildman–Crippen MR) is 109 cm³/mol. The first-order chi connectivity index (χ1) is 14.0. The lowest BCUT2D eigenvalue weighted by Gasteiger charge is -2.09. The van der Waals surface area contributed by atoms with Crippen LogP contribution in [0.5, 0.6) is 0 Å². The zero-order valence-corrected chi connectivity index (χ0v) is 16.7. The summed E-state index contributed by atoms with van der Waals surface area (Å²) >= 11 is 6.64. The van der Waals surface area contributed by atoms with E-state index >= 15 is 0 Å². The Labute approximate surface area is 173 Å². The standard InChI is InChI=1S/C18H15ClFN7OS/c1-10-7-14(26-25-10)22-17-24-18(23-15-3-2-6-27(15)17)29-11-4-5-13(12(20)8-11)21-16(28)9-19/h2-8H,9H2,1H3,(H,21,28)(H2,22,23,24,25,26). The van der Waals surface area contributed by atoms with Gasteiger partial charge in [-0.15, -0.1) is 11.6 Å². The molecule has 3 aromatic heterocycles. The van der Waals surface area contributed by atoms with E-state index in [2.05, 4.69) is 30.8 Å². The highest BCUT2D eigenvalue weighted by atomic mass is 35.5. The number of alkyl halides is 1. The molecule has 11 heteroatoms. The number of aryl methyl sites for hydroxylation is 1. The van der Waals surface area contributed by atoms with E-state index in [0.717, 1.165) is 5.69 Å². The molecule has 0 fully saturated rings. The van der Waals surface area contributed by atoms with Crippen molar-refractivity contribution in [3.05, 3.63) is 54.1 Å². The molecule has 3 heterocycles. The summed E-state index contributed by atoms with van der Waals surface area (Å²) in [5.74, 6) is -0.134. The van der Waals surface area contributed by atoms with Crippen LogP contribution in [0, 0.1) is 12.7 Å². The molecule has 0 atom stereocenters. The van der Waals surface area contributed by atoms with Gasteiger partial charge in [0.25, 0.3) is 0 Å². The Hall–Kier alpha value is -3.11. The van der Waals surface area contributed by atoms with Crippen molar-refractivity contribution in [2.45, 2.75) is 17.0 Å². The average molecular weight is 432 g/mol. The lowest BCUT2D eigenvalue weighted by atomic mass is 10.3. The first-order valence-corrected chi connectivity index (χ1v) is 9.84. The first-order valence-electron chi connectivity index (χ1n) is 8.49. The molecule has 3 N–H and O–H groups in total. The Balaban J connectivity index is 1.61. The van der Waals surface area contributed by atoms with E-state index in [1.807, 2.05) is 31.3 Å². The molecule has 0 aliphatic heterocycles. The van der Waals surface area contributed by atoms with Crippen molar-refractivity contribution in [2.75, 3.05) is 16.5 Å². The summed E-state index contributed by atoms with van der Waals surface area (Å²) < 4.78 is 16.1. The van der Waals surface area contributed by atoms with Crippen LogP contribution in [0.4, 0.5) is 21.8 Å². The van der Waals surface area contributed by atoms with Crippen molar-refractivity contribution in [3.63, 3.8) is 0 Å². The van der Waals surface area contributed by atoms with Crippen LogP contribution >= 0.6 is 23.4 Å². The van der Waals surface area contributed by atoms with Gasteiger partial charge in [0, 0.05) is 22.9 Å². The lowest BCUT2D eigenvalue weighted by molar-refractivity contribution is -0.113. The smallest absolute Gasteiger partial charge is 0.239 e. The Bertz CT molecular complexity index is 1190. The zero-order chi connectivity index (χ0) is 20.4. The molecule has 148 valence electrons. The fraction of sp³-hybridized carbons (Fsp3) is 0.111. The molecule has 1 aromatic carbocycles. The summed E-state index contributed by atoms with van der Waals surface area (Å²) in [6, 6.07) is 10.0. The van der Waals surface area contributed by atoms with Gasteiger partial charge in [-0.1, -0.05) is 0 Å². The van der Waals surface area contributed by atoms with Gasteiger partial charge < -0.3 is 10.6 Å². The van der Waals surface area contributed by atoms with Crippen LogP contribution in [0.1, 0.15) is 5.69 Å². The van der Waals surface area contributed by atoms with E-state index in [1.165, 1.54) is 23.9 Å². The van der Waals surface area contributed by atoms with Gasteiger partial charge in [-0.3, -0.25) is 14.3 Å². The Morgan fingerprint density at radius 3 is 2.90 bits per heavy atom. The normalized spacial score (nSPS) is 11.0. The van der Waals surface area contributed by atoms with Gasteiger partial charge in [0.2, 0.25) is 11.9 Å². The number of amides is 1. The molecule has 0 saturated carbocycles. The largest absolute Gasteiger partial charge is 0.323 e. The Kier molecular flexibility index (Phi) is 5.36. The van der Waals surface area contributed by atoms with E-state index in [-0.39, 0.29) is 11.6 Å². The number of fused-ring (bicyclic) bond motifs is 1. The summed E-state index contributed by atoms with van der Waals surface area (Å²) in [4.78, 5) is 20.9. The minimum absolute atomic E-state index is 0.0687. The Morgan fingerprint density at radius 2 is 2.17 bits per heavy atom. The highest BCUT2D eigenvalue weighted by molar-refractivity contribution is 7.99. The number of carbonyl (C=O) groups excluding carboxylic acids is 1. The van der Waals surface area contributed by atoms with Crippen LogP contribution in [-0.2, 0) is 4.79 Å². The van der Waals surface area contributed by atoms with Gasteiger partial charge in [0.05, 0.1) is 5.69 Å². The fourth-order valence-corrected chi connectivity index (χ4v) is 3.44. The maximum absolute atomic E-state index is 14.3. The minimum Gasteiger partial charge on any atom is -0.323 e. The fourth-order valence-electron chi connectivity index (χ4n) is 2.59. The first kappa shape index (κ1) is 19.2. The van der Waals surface area contributed by atoms with Crippen LogP contribution in [-0.4, -0.2) is 36.4 Å².